The molecule has 5 nitrogen and oxygen atoms in total. The van der Waals surface area contributed by atoms with Crippen LogP contribution >= 0.6 is 0 Å². The molecule has 1 N–H and O–H groups in total. The van der Waals surface area contributed by atoms with Gasteiger partial charge in [0.2, 0.25) is 0 Å². The van der Waals surface area contributed by atoms with E-state index in [0.717, 1.165) is 19.3 Å². The van der Waals surface area contributed by atoms with E-state index in [4.69, 9.17) is 9.84 Å². The van der Waals surface area contributed by atoms with Crippen LogP contribution in [0.15, 0.2) is 30.3 Å². The second-order valence-electron chi connectivity index (χ2n) is 7.18. The lowest BCUT2D eigenvalue weighted by molar-refractivity contribution is -0.185. The Labute approximate surface area is 171 Å². The lowest BCUT2D eigenvalue weighted by Gasteiger charge is -2.23. The number of halogens is 2. The highest BCUT2D eigenvalue weighted by atomic mass is 19.3. The summed E-state index contributed by atoms with van der Waals surface area (Å²) < 4.78 is 37.4. The fourth-order valence-electron chi connectivity index (χ4n) is 2.96. The molecule has 0 amide bonds. The van der Waals surface area contributed by atoms with Crippen LogP contribution in [0.2, 0.25) is 0 Å². The molecular formula is C22H32F2O5. The van der Waals surface area contributed by atoms with Crippen molar-refractivity contribution >= 4 is 12.1 Å². The third-order valence-electron chi connectivity index (χ3n) is 4.70. The van der Waals surface area contributed by atoms with Gasteiger partial charge in [0.15, 0.2) is 6.10 Å². The van der Waals surface area contributed by atoms with Crippen molar-refractivity contribution in [3.8, 4) is 0 Å². The molecule has 0 saturated carbocycles. The van der Waals surface area contributed by atoms with Gasteiger partial charge in [-0.15, -0.1) is 0 Å². The van der Waals surface area contributed by atoms with Crippen LogP contribution in [0.1, 0.15) is 76.7 Å². The van der Waals surface area contributed by atoms with Crippen molar-refractivity contribution < 1.29 is 33.0 Å². The van der Waals surface area contributed by atoms with Crippen molar-refractivity contribution in [1.82, 2.24) is 0 Å². The molecule has 0 fully saturated rings. The number of aliphatic carboxylic acids is 1. The number of rotatable bonds is 15. The fourth-order valence-corrected chi connectivity index (χ4v) is 2.96. The minimum absolute atomic E-state index is 0.136. The van der Waals surface area contributed by atoms with E-state index in [1.165, 1.54) is 25.7 Å². The highest BCUT2D eigenvalue weighted by molar-refractivity contribution is 5.76. The molecule has 1 atom stereocenters. The predicted molar refractivity (Wildman–Crippen MR) is 106 cm³/mol. The normalized spacial score (nSPS) is 12.4. The van der Waals surface area contributed by atoms with Crippen molar-refractivity contribution in [2.75, 3.05) is 0 Å². The van der Waals surface area contributed by atoms with E-state index in [-0.39, 0.29) is 13.0 Å². The standard InChI is InChI=1S/C22H32F2O5/c1-2-3-4-5-6-7-8-9-13-16-19(22(23,24)20(25)26)29-21(27)28-17-18-14-11-10-12-15-18/h10-12,14-15,19H,2-9,13,16-17H2,1H3,(H,25,26). The van der Waals surface area contributed by atoms with Crippen LogP contribution in [-0.2, 0) is 20.9 Å². The molecular weight excluding hydrogens is 382 g/mol. The number of carbonyl (C=O) groups excluding carboxylic acids is 1. The van der Waals surface area contributed by atoms with E-state index in [9.17, 15) is 18.4 Å². The van der Waals surface area contributed by atoms with E-state index >= 15 is 0 Å². The summed E-state index contributed by atoms with van der Waals surface area (Å²) in [5.41, 5.74) is 0.671. The van der Waals surface area contributed by atoms with Gasteiger partial charge >= 0.3 is 18.0 Å². The summed E-state index contributed by atoms with van der Waals surface area (Å²) in [6.45, 7) is 2.02. The van der Waals surface area contributed by atoms with Gasteiger partial charge in [0.25, 0.3) is 0 Å². The molecule has 0 aliphatic carbocycles. The van der Waals surface area contributed by atoms with E-state index < -0.39 is 24.2 Å². The third-order valence-corrected chi connectivity index (χ3v) is 4.70. The molecule has 0 radical (unpaired) electrons. The molecule has 1 aromatic rings. The molecule has 1 unspecified atom stereocenters. The van der Waals surface area contributed by atoms with Crippen LogP contribution < -0.4 is 0 Å². The third kappa shape index (κ3) is 10.2. The summed E-state index contributed by atoms with van der Waals surface area (Å²) in [4.78, 5) is 22.7. The Morgan fingerprint density at radius 2 is 1.52 bits per heavy atom. The molecule has 0 spiro atoms. The SMILES string of the molecule is CCCCCCCCCCCC(OC(=O)OCc1ccccc1)C(F)(F)C(=O)O. The average molecular weight is 414 g/mol. The first-order valence-electron chi connectivity index (χ1n) is 10.4. The molecule has 0 bridgehead atoms. The largest absolute Gasteiger partial charge is 0.509 e. The molecule has 1 aromatic carbocycles. The quantitative estimate of drug-likeness (QED) is 0.267. The van der Waals surface area contributed by atoms with Crippen molar-refractivity contribution in [1.29, 1.82) is 0 Å². The van der Waals surface area contributed by atoms with Gasteiger partial charge in [-0.3, -0.25) is 0 Å². The fraction of sp³-hybridized carbons (Fsp3) is 0.636. The summed E-state index contributed by atoms with van der Waals surface area (Å²) in [6, 6.07) is 8.69. The number of ether oxygens (including phenoxy) is 2. The summed E-state index contributed by atoms with van der Waals surface area (Å²) >= 11 is 0. The first-order chi connectivity index (χ1) is 13.9. The Hall–Kier alpha value is -2.18. The van der Waals surface area contributed by atoms with Crippen molar-refractivity contribution in [2.45, 2.75) is 89.8 Å². The average Bonchev–Trinajstić information content (AvgIpc) is 2.70. The lowest BCUT2D eigenvalue weighted by Crippen LogP contribution is -2.44. The maximum absolute atomic E-state index is 14.0. The Kier molecular flexibility index (Phi) is 11.9. The highest BCUT2D eigenvalue weighted by Crippen LogP contribution is 2.27. The second-order valence-corrected chi connectivity index (χ2v) is 7.18. The van der Waals surface area contributed by atoms with Crippen molar-refractivity contribution in [3.05, 3.63) is 35.9 Å². The topological polar surface area (TPSA) is 72.8 Å². The van der Waals surface area contributed by atoms with Gasteiger partial charge in [0, 0.05) is 0 Å². The number of unbranched alkanes of at least 4 members (excludes halogenated alkanes) is 8. The molecule has 0 aromatic heterocycles. The number of hydrogen-bond donors (Lipinski definition) is 1. The Balaban J connectivity index is 2.40. The van der Waals surface area contributed by atoms with E-state index in [1.54, 1.807) is 30.3 Å². The van der Waals surface area contributed by atoms with Crippen LogP contribution in [0.25, 0.3) is 0 Å². The van der Waals surface area contributed by atoms with Crippen molar-refractivity contribution in [2.24, 2.45) is 0 Å². The first kappa shape index (κ1) is 24.9. The minimum atomic E-state index is -4.16. The van der Waals surface area contributed by atoms with Gasteiger partial charge in [0.1, 0.15) is 6.61 Å². The minimum Gasteiger partial charge on any atom is -0.477 e. The van der Waals surface area contributed by atoms with E-state index in [0.29, 0.717) is 18.4 Å². The van der Waals surface area contributed by atoms with Gasteiger partial charge < -0.3 is 14.6 Å². The highest BCUT2D eigenvalue weighted by Gasteiger charge is 2.50. The van der Waals surface area contributed by atoms with Gasteiger partial charge in [0.05, 0.1) is 0 Å². The summed E-state index contributed by atoms with van der Waals surface area (Å²) in [5, 5.41) is 8.79. The Morgan fingerprint density at radius 3 is 2.07 bits per heavy atom. The maximum atomic E-state index is 14.0. The number of alkyl halides is 2. The zero-order valence-corrected chi connectivity index (χ0v) is 17.1. The van der Waals surface area contributed by atoms with E-state index in [1.807, 2.05) is 0 Å². The van der Waals surface area contributed by atoms with Crippen LogP contribution in [0.3, 0.4) is 0 Å². The summed E-state index contributed by atoms with van der Waals surface area (Å²) in [5.74, 6) is -6.47. The van der Waals surface area contributed by atoms with Gasteiger partial charge in [-0.1, -0.05) is 88.6 Å². The molecule has 0 saturated heterocycles. The Morgan fingerprint density at radius 1 is 0.966 bits per heavy atom. The molecule has 7 heteroatoms. The van der Waals surface area contributed by atoms with Crippen LogP contribution in [0.4, 0.5) is 13.6 Å². The molecule has 0 aliphatic heterocycles. The molecule has 0 heterocycles. The summed E-state index contributed by atoms with van der Waals surface area (Å²) in [7, 11) is 0. The lowest BCUT2D eigenvalue weighted by atomic mass is 10.0. The van der Waals surface area contributed by atoms with Crippen LogP contribution in [0, 0.1) is 0 Å². The molecule has 29 heavy (non-hydrogen) atoms. The monoisotopic (exact) mass is 414 g/mol. The zero-order valence-electron chi connectivity index (χ0n) is 17.1. The van der Waals surface area contributed by atoms with E-state index in [2.05, 4.69) is 11.7 Å². The maximum Gasteiger partial charge on any atom is 0.509 e. The zero-order chi connectivity index (χ0) is 21.5. The number of benzene rings is 1. The van der Waals surface area contributed by atoms with Crippen LogP contribution in [0.5, 0.6) is 0 Å². The number of carboxylic acid groups (broad SMARTS) is 1. The molecule has 1 rings (SSSR count). The van der Waals surface area contributed by atoms with Crippen molar-refractivity contribution in [3.63, 3.8) is 0 Å². The summed E-state index contributed by atoms with van der Waals surface area (Å²) in [6.07, 6.45) is 5.27. The van der Waals surface area contributed by atoms with Gasteiger partial charge in [-0.05, 0) is 18.4 Å². The number of carboxylic acids is 1. The molecule has 0 aliphatic rings. The number of carbonyl (C=O) groups is 2. The van der Waals surface area contributed by atoms with Crippen LogP contribution in [-0.4, -0.2) is 29.3 Å². The molecule has 164 valence electrons. The van der Waals surface area contributed by atoms with Gasteiger partial charge in [-0.2, -0.15) is 8.78 Å². The number of hydrogen-bond acceptors (Lipinski definition) is 4. The second kappa shape index (κ2) is 13.9. The first-order valence-corrected chi connectivity index (χ1v) is 10.4. The predicted octanol–water partition coefficient (Wildman–Crippen LogP) is 6.35. The Bertz CT molecular complexity index is 592. The van der Waals surface area contributed by atoms with Gasteiger partial charge in [-0.25, -0.2) is 9.59 Å². The smallest absolute Gasteiger partial charge is 0.477 e.